The predicted molar refractivity (Wildman–Crippen MR) is 84.4 cm³/mol. The molecule has 10 heteroatoms. The van der Waals surface area contributed by atoms with Gasteiger partial charge in [-0.05, 0) is 43.6 Å². The number of nitrogens with one attached hydrogen (secondary N) is 2. The summed E-state index contributed by atoms with van der Waals surface area (Å²) >= 11 is 5.79. The van der Waals surface area contributed by atoms with Crippen LogP contribution < -0.4 is 10.6 Å². The van der Waals surface area contributed by atoms with Gasteiger partial charge in [0.15, 0.2) is 0 Å². The van der Waals surface area contributed by atoms with Crippen LogP contribution in [0.2, 0.25) is 5.28 Å². The van der Waals surface area contributed by atoms with Crippen molar-refractivity contribution in [2.75, 3.05) is 17.2 Å². The first-order valence-electron chi connectivity index (χ1n) is 6.85. The number of nitrogens with zero attached hydrogens (tertiary/aromatic N) is 3. The van der Waals surface area contributed by atoms with E-state index in [1.807, 2.05) is 0 Å². The van der Waals surface area contributed by atoms with Crippen molar-refractivity contribution in [2.24, 2.45) is 0 Å². The summed E-state index contributed by atoms with van der Waals surface area (Å²) in [6, 6.07) is 4.60. The maximum absolute atomic E-state index is 12.7. The summed E-state index contributed by atoms with van der Waals surface area (Å²) in [5, 5.41) is 14.9. The molecular formula is C14H15ClF3N5O. The number of hydrogen-bond acceptors (Lipinski definition) is 6. The van der Waals surface area contributed by atoms with E-state index in [0.717, 1.165) is 12.1 Å². The number of aromatic nitrogens is 3. The SMILES string of the molecule is CC(C)(O)CNc1nc(Cl)nc(Nc2cccc(C(F)(F)F)c2)n1. The first-order valence-corrected chi connectivity index (χ1v) is 7.23. The largest absolute Gasteiger partial charge is 0.416 e. The van der Waals surface area contributed by atoms with Crippen LogP contribution in [0, 0.1) is 0 Å². The minimum Gasteiger partial charge on any atom is -0.389 e. The van der Waals surface area contributed by atoms with Gasteiger partial charge >= 0.3 is 6.18 Å². The number of alkyl halides is 3. The maximum Gasteiger partial charge on any atom is 0.416 e. The smallest absolute Gasteiger partial charge is 0.389 e. The van der Waals surface area contributed by atoms with Crippen molar-refractivity contribution in [2.45, 2.75) is 25.6 Å². The molecule has 1 aromatic heterocycles. The molecule has 0 unspecified atom stereocenters. The topological polar surface area (TPSA) is 83.0 Å². The highest BCUT2D eigenvalue weighted by Gasteiger charge is 2.30. The summed E-state index contributed by atoms with van der Waals surface area (Å²) in [5.74, 6) is 0.0687. The highest BCUT2D eigenvalue weighted by atomic mass is 35.5. The molecule has 24 heavy (non-hydrogen) atoms. The Morgan fingerprint density at radius 1 is 1.12 bits per heavy atom. The fourth-order valence-corrected chi connectivity index (χ4v) is 1.84. The van der Waals surface area contributed by atoms with E-state index in [2.05, 4.69) is 25.6 Å². The third kappa shape index (κ3) is 5.50. The van der Waals surface area contributed by atoms with Crippen molar-refractivity contribution in [1.82, 2.24) is 15.0 Å². The molecule has 0 radical (unpaired) electrons. The number of aliphatic hydroxyl groups is 1. The Bertz CT molecular complexity index is 718. The summed E-state index contributed by atoms with van der Waals surface area (Å²) in [7, 11) is 0. The molecule has 0 aliphatic heterocycles. The molecule has 0 saturated carbocycles. The van der Waals surface area contributed by atoms with Gasteiger partial charge in [0.25, 0.3) is 0 Å². The van der Waals surface area contributed by atoms with Crippen LogP contribution in [0.25, 0.3) is 0 Å². The lowest BCUT2D eigenvalue weighted by Crippen LogP contribution is -2.30. The van der Waals surface area contributed by atoms with E-state index in [4.69, 9.17) is 11.6 Å². The summed E-state index contributed by atoms with van der Waals surface area (Å²) in [5.41, 5.74) is -1.65. The van der Waals surface area contributed by atoms with Gasteiger partial charge in [-0.15, -0.1) is 0 Å². The van der Waals surface area contributed by atoms with Crippen LogP contribution in [0.5, 0.6) is 0 Å². The molecule has 3 N–H and O–H groups in total. The number of halogens is 4. The van der Waals surface area contributed by atoms with E-state index in [1.165, 1.54) is 12.1 Å². The molecule has 6 nitrogen and oxygen atoms in total. The molecule has 0 aliphatic carbocycles. The third-order valence-electron chi connectivity index (χ3n) is 2.73. The highest BCUT2D eigenvalue weighted by Crippen LogP contribution is 2.31. The molecule has 1 heterocycles. The molecule has 2 rings (SSSR count). The lowest BCUT2D eigenvalue weighted by Gasteiger charge is -2.17. The van der Waals surface area contributed by atoms with Crippen molar-refractivity contribution in [3.8, 4) is 0 Å². The van der Waals surface area contributed by atoms with Crippen molar-refractivity contribution in [1.29, 1.82) is 0 Å². The molecule has 0 amide bonds. The predicted octanol–water partition coefficient (Wildman–Crippen LogP) is 3.47. The molecule has 0 aliphatic rings. The molecule has 0 atom stereocenters. The molecular weight excluding hydrogens is 347 g/mol. The quantitative estimate of drug-likeness (QED) is 0.756. The lowest BCUT2D eigenvalue weighted by atomic mass is 10.1. The van der Waals surface area contributed by atoms with Gasteiger partial charge in [-0.3, -0.25) is 0 Å². The standard InChI is InChI=1S/C14H15ClF3N5O/c1-13(2,24)7-19-11-21-10(15)22-12(23-11)20-9-5-3-4-8(6-9)14(16,17)18/h3-6,24H,7H2,1-2H3,(H2,19,20,21,22,23). The highest BCUT2D eigenvalue weighted by molar-refractivity contribution is 6.28. The normalized spacial score (nSPS) is 12.1. The van der Waals surface area contributed by atoms with Crippen LogP contribution in [-0.2, 0) is 6.18 Å². The van der Waals surface area contributed by atoms with Gasteiger partial charge in [0.2, 0.25) is 17.2 Å². The zero-order chi connectivity index (χ0) is 18.0. The van der Waals surface area contributed by atoms with Crippen LogP contribution in [0.15, 0.2) is 24.3 Å². The van der Waals surface area contributed by atoms with Gasteiger partial charge in [0.1, 0.15) is 0 Å². The van der Waals surface area contributed by atoms with Crippen LogP contribution in [0.4, 0.5) is 30.8 Å². The average molecular weight is 362 g/mol. The Morgan fingerprint density at radius 3 is 2.42 bits per heavy atom. The Hall–Kier alpha value is -2.13. The second kappa shape index (κ2) is 6.78. The van der Waals surface area contributed by atoms with E-state index in [-0.39, 0.29) is 29.4 Å². The Morgan fingerprint density at radius 2 is 1.79 bits per heavy atom. The number of hydrogen-bond donors (Lipinski definition) is 3. The van der Waals surface area contributed by atoms with Gasteiger partial charge in [0, 0.05) is 12.2 Å². The molecule has 2 aromatic rings. The number of benzene rings is 1. The van der Waals surface area contributed by atoms with Gasteiger partial charge in [-0.2, -0.15) is 28.1 Å². The zero-order valence-corrected chi connectivity index (χ0v) is 13.6. The van der Waals surface area contributed by atoms with Gasteiger partial charge in [-0.1, -0.05) is 6.07 Å². The summed E-state index contributed by atoms with van der Waals surface area (Å²) in [6.45, 7) is 3.32. The summed E-state index contributed by atoms with van der Waals surface area (Å²) in [4.78, 5) is 11.7. The van der Waals surface area contributed by atoms with E-state index >= 15 is 0 Å². The van der Waals surface area contributed by atoms with Gasteiger partial charge in [0.05, 0.1) is 11.2 Å². The third-order valence-corrected chi connectivity index (χ3v) is 2.90. The van der Waals surface area contributed by atoms with Crippen LogP contribution >= 0.6 is 11.6 Å². The van der Waals surface area contributed by atoms with Crippen LogP contribution in [0.1, 0.15) is 19.4 Å². The second-order valence-electron chi connectivity index (χ2n) is 5.62. The summed E-state index contributed by atoms with van der Waals surface area (Å²) in [6.07, 6.45) is -4.45. The van der Waals surface area contributed by atoms with E-state index in [9.17, 15) is 18.3 Å². The van der Waals surface area contributed by atoms with Crippen molar-refractivity contribution in [3.05, 3.63) is 35.1 Å². The van der Waals surface area contributed by atoms with Gasteiger partial charge < -0.3 is 15.7 Å². The first kappa shape index (κ1) is 18.2. The molecule has 0 fully saturated rings. The van der Waals surface area contributed by atoms with Crippen LogP contribution in [-0.4, -0.2) is 32.2 Å². The molecule has 0 bridgehead atoms. The first-order chi connectivity index (χ1) is 11.0. The van der Waals surface area contributed by atoms with Crippen molar-refractivity contribution < 1.29 is 18.3 Å². The molecule has 0 saturated heterocycles. The number of anilines is 3. The van der Waals surface area contributed by atoms with Gasteiger partial charge in [-0.25, -0.2) is 0 Å². The molecule has 0 spiro atoms. The van der Waals surface area contributed by atoms with Crippen LogP contribution in [0.3, 0.4) is 0 Å². The summed E-state index contributed by atoms with van der Waals surface area (Å²) < 4.78 is 38.2. The maximum atomic E-state index is 12.7. The Kier molecular flexibility index (Phi) is 5.14. The second-order valence-corrected chi connectivity index (χ2v) is 5.96. The minimum atomic E-state index is -4.45. The fourth-order valence-electron chi connectivity index (χ4n) is 1.68. The minimum absolute atomic E-state index is 0.0208. The fraction of sp³-hybridized carbons (Fsp3) is 0.357. The monoisotopic (exact) mass is 361 g/mol. The van der Waals surface area contributed by atoms with Crippen molar-refractivity contribution in [3.63, 3.8) is 0 Å². The van der Waals surface area contributed by atoms with E-state index < -0.39 is 17.3 Å². The average Bonchev–Trinajstić information content (AvgIpc) is 2.43. The zero-order valence-electron chi connectivity index (χ0n) is 12.8. The van der Waals surface area contributed by atoms with Crippen molar-refractivity contribution >= 4 is 29.2 Å². The lowest BCUT2D eigenvalue weighted by molar-refractivity contribution is -0.137. The number of rotatable bonds is 5. The Balaban J connectivity index is 2.19. The van der Waals surface area contributed by atoms with E-state index in [1.54, 1.807) is 13.8 Å². The van der Waals surface area contributed by atoms with E-state index in [0.29, 0.717) is 0 Å². The Labute approximate surface area is 141 Å². The molecule has 1 aromatic carbocycles. The molecule has 130 valence electrons.